The Kier molecular flexibility index (Phi) is 5.78. The molecule has 0 aromatic carbocycles. The molecule has 1 aliphatic rings. The van der Waals surface area contributed by atoms with Crippen LogP contribution in [0.2, 0.25) is 0 Å². The molecule has 0 spiro atoms. The lowest BCUT2D eigenvalue weighted by Gasteiger charge is -2.32. The first-order valence-electron chi connectivity index (χ1n) is 5.78. The number of hydrogen-bond acceptors (Lipinski definition) is 5. The Balaban J connectivity index is 2.30. The molecule has 0 aromatic rings. The standard InChI is InChI=1S/C10H20N2O3S2/c1-2-17(13,14)7-3-4-12-5-6-15-9(8-12)10(11)16/h9H,2-8H2,1H3,(H2,11,16). The predicted octanol–water partition coefficient (Wildman–Crippen LogP) is -0.202. The topological polar surface area (TPSA) is 72.6 Å². The molecular formula is C10H20N2O3S2. The van der Waals surface area contributed by atoms with Gasteiger partial charge in [-0.05, 0) is 13.0 Å². The van der Waals surface area contributed by atoms with Crippen molar-refractivity contribution in [3.05, 3.63) is 0 Å². The minimum absolute atomic E-state index is 0.193. The summed E-state index contributed by atoms with van der Waals surface area (Å²) >= 11 is 4.89. The van der Waals surface area contributed by atoms with E-state index in [4.69, 9.17) is 22.7 Å². The van der Waals surface area contributed by atoms with Crippen LogP contribution < -0.4 is 5.73 Å². The molecule has 1 heterocycles. The molecule has 0 radical (unpaired) electrons. The minimum Gasteiger partial charge on any atom is -0.391 e. The molecule has 17 heavy (non-hydrogen) atoms. The Morgan fingerprint density at radius 3 is 2.88 bits per heavy atom. The van der Waals surface area contributed by atoms with Gasteiger partial charge in [0.25, 0.3) is 0 Å². The highest BCUT2D eigenvalue weighted by Crippen LogP contribution is 2.06. The summed E-state index contributed by atoms with van der Waals surface area (Å²) in [5.74, 6) is 0.463. The SMILES string of the molecule is CCS(=O)(=O)CCCN1CCOC(C(N)=S)C1. The molecule has 7 heteroatoms. The zero-order valence-electron chi connectivity index (χ0n) is 10.1. The molecule has 100 valence electrons. The molecule has 0 saturated carbocycles. The van der Waals surface area contributed by atoms with E-state index in [1.165, 1.54) is 0 Å². The first-order chi connectivity index (χ1) is 7.94. The lowest BCUT2D eigenvalue weighted by molar-refractivity contribution is 0.00744. The molecule has 1 atom stereocenters. The van der Waals surface area contributed by atoms with Gasteiger partial charge in [-0.25, -0.2) is 8.42 Å². The fourth-order valence-electron chi connectivity index (χ4n) is 1.73. The summed E-state index contributed by atoms with van der Waals surface area (Å²) in [6, 6.07) is 0. The van der Waals surface area contributed by atoms with Crippen molar-refractivity contribution in [2.75, 3.05) is 37.7 Å². The molecule has 0 amide bonds. The quantitative estimate of drug-likeness (QED) is 0.679. The monoisotopic (exact) mass is 280 g/mol. The number of sulfone groups is 1. The molecule has 1 rings (SSSR count). The Bertz CT molecular complexity index is 357. The van der Waals surface area contributed by atoms with Crippen molar-refractivity contribution in [1.82, 2.24) is 4.90 Å². The van der Waals surface area contributed by atoms with Gasteiger partial charge in [0, 0.05) is 18.8 Å². The van der Waals surface area contributed by atoms with Gasteiger partial charge >= 0.3 is 0 Å². The summed E-state index contributed by atoms with van der Waals surface area (Å²) in [6.45, 7) is 4.50. The summed E-state index contributed by atoms with van der Waals surface area (Å²) in [5.41, 5.74) is 5.53. The van der Waals surface area contributed by atoms with Crippen LogP contribution in [0.4, 0.5) is 0 Å². The van der Waals surface area contributed by atoms with Gasteiger partial charge in [0.2, 0.25) is 0 Å². The van der Waals surface area contributed by atoms with Crippen LogP contribution in [-0.4, -0.2) is 62.2 Å². The van der Waals surface area contributed by atoms with E-state index in [2.05, 4.69) is 4.90 Å². The van der Waals surface area contributed by atoms with Crippen LogP contribution in [0.15, 0.2) is 0 Å². The predicted molar refractivity (Wildman–Crippen MR) is 71.9 cm³/mol. The Morgan fingerprint density at radius 2 is 2.29 bits per heavy atom. The van der Waals surface area contributed by atoms with Gasteiger partial charge in [-0.2, -0.15) is 0 Å². The fraction of sp³-hybridized carbons (Fsp3) is 0.900. The van der Waals surface area contributed by atoms with Gasteiger partial charge in [-0.3, -0.25) is 4.90 Å². The van der Waals surface area contributed by atoms with E-state index in [1.54, 1.807) is 6.92 Å². The molecular weight excluding hydrogens is 260 g/mol. The molecule has 1 aliphatic heterocycles. The maximum absolute atomic E-state index is 11.3. The third kappa shape index (κ3) is 5.29. The highest BCUT2D eigenvalue weighted by molar-refractivity contribution is 7.91. The summed E-state index contributed by atoms with van der Waals surface area (Å²) in [7, 11) is -2.86. The zero-order chi connectivity index (χ0) is 12.9. The van der Waals surface area contributed by atoms with E-state index in [1.807, 2.05) is 0 Å². The molecule has 2 N–H and O–H groups in total. The molecule has 0 bridgehead atoms. The number of ether oxygens (including phenoxy) is 1. The summed E-state index contributed by atoms with van der Waals surface area (Å²) < 4.78 is 28.1. The van der Waals surface area contributed by atoms with E-state index >= 15 is 0 Å². The van der Waals surface area contributed by atoms with Gasteiger partial charge < -0.3 is 10.5 Å². The van der Waals surface area contributed by atoms with Crippen molar-refractivity contribution < 1.29 is 13.2 Å². The Labute approximate surface area is 108 Å². The molecule has 1 unspecified atom stereocenters. The number of thiocarbonyl (C=S) groups is 1. The molecule has 0 aliphatic carbocycles. The van der Waals surface area contributed by atoms with Crippen molar-refractivity contribution in [2.24, 2.45) is 5.73 Å². The van der Waals surface area contributed by atoms with Crippen LogP contribution in [0.3, 0.4) is 0 Å². The highest BCUT2D eigenvalue weighted by atomic mass is 32.2. The number of morpholine rings is 1. The van der Waals surface area contributed by atoms with Crippen molar-refractivity contribution in [2.45, 2.75) is 19.4 Å². The van der Waals surface area contributed by atoms with E-state index in [0.29, 0.717) is 24.6 Å². The highest BCUT2D eigenvalue weighted by Gasteiger charge is 2.22. The van der Waals surface area contributed by atoms with Gasteiger partial charge in [0.05, 0.1) is 12.4 Å². The lowest BCUT2D eigenvalue weighted by Crippen LogP contribution is -2.48. The van der Waals surface area contributed by atoms with Crippen LogP contribution in [0, 0.1) is 0 Å². The third-order valence-corrected chi connectivity index (χ3v) is 4.89. The average Bonchev–Trinajstić information content (AvgIpc) is 2.29. The van der Waals surface area contributed by atoms with Crippen LogP contribution >= 0.6 is 12.2 Å². The maximum atomic E-state index is 11.3. The van der Waals surface area contributed by atoms with Gasteiger partial charge in [0.15, 0.2) is 0 Å². The van der Waals surface area contributed by atoms with E-state index in [9.17, 15) is 8.42 Å². The van der Waals surface area contributed by atoms with Crippen molar-refractivity contribution in [3.8, 4) is 0 Å². The first-order valence-corrected chi connectivity index (χ1v) is 8.01. The Morgan fingerprint density at radius 1 is 1.59 bits per heavy atom. The molecule has 1 fully saturated rings. The van der Waals surface area contributed by atoms with E-state index in [-0.39, 0.29) is 17.6 Å². The average molecular weight is 280 g/mol. The number of hydrogen-bond donors (Lipinski definition) is 1. The molecule has 1 saturated heterocycles. The van der Waals surface area contributed by atoms with Crippen molar-refractivity contribution >= 4 is 27.0 Å². The summed E-state index contributed by atoms with van der Waals surface area (Å²) in [6.07, 6.45) is 0.460. The van der Waals surface area contributed by atoms with Crippen LogP contribution in [0.25, 0.3) is 0 Å². The first kappa shape index (κ1) is 14.8. The minimum atomic E-state index is -2.86. The van der Waals surface area contributed by atoms with Crippen LogP contribution in [-0.2, 0) is 14.6 Å². The Hall–Kier alpha value is -0.240. The largest absolute Gasteiger partial charge is 0.391 e. The molecule has 0 aromatic heterocycles. The smallest absolute Gasteiger partial charge is 0.150 e. The van der Waals surface area contributed by atoms with Crippen molar-refractivity contribution in [3.63, 3.8) is 0 Å². The fourth-order valence-corrected chi connectivity index (χ4v) is 2.73. The zero-order valence-corrected chi connectivity index (χ0v) is 11.7. The second kappa shape index (κ2) is 6.63. The number of nitrogens with zero attached hydrogens (tertiary/aromatic N) is 1. The second-order valence-corrected chi connectivity index (χ2v) is 7.10. The number of nitrogens with two attached hydrogens (primary N) is 1. The van der Waals surface area contributed by atoms with E-state index < -0.39 is 9.84 Å². The lowest BCUT2D eigenvalue weighted by atomic mass is 10.2. The molecule has 5 nitrogen and oxygen atoms in total. The number of rotatable bonds is 6. The summed E-state index contributed by atoms with van der Waals surface area (Å²) in [4.78, 5) is 2.52. The van der Waals surface area contributed by atoms with Crippen molar-refractivity contribution in [1.29, 1.82) is 0 Å². The van der Waals surface area contributed by atoms with Gasteiger partial charge in [-0.1, -0.05) is 19.1 Å². The van der Waals surface area contributed by atoms with Gasteiger partial charge in [0.1, 0.15) is 20.9 Å². The van der Waals surface area contributed by atoms with Crippen LogP contribution in [0.1, 0.15) is 13.3 Å². The second-order valence-electron chi connectivity index (χ2n) is 4.15. The maximum Gasteiger partial charge on any atom is 0.150 e. The third-order valence-electron chi connectivity index (χ3n) is 2.84. The summed E-state index contributed by atoms with van der Waals surface area (Å²) in [5, 5.41) is 0. The van der Waals surface area contributed by atoms with Crippen LogP contribution in [0.5, 0.6) is 0 Å². The van der Waals surface area contributed by atoms with Gasteiger partial charge in [-0.15, -0.1) is 0 Å². The van der Waals surface area contributed by atoms with E-state index in [0.717, 1.165) is 13.1 Å². The normalized spacial score (nSPS) is 22.5.